The van der Waals surface area contributed by atoms with E-state index in [0.717, 1.165) is 0 Å². The number of aromatic nitrogens is 4. The Balaban J connectivity index is 1.71. The highest BCUT2D eigenvalue weighted by Crippen LogP contribution is 2.30. The molecule has 35 heavy (non-hydrogen) atoms. The fraction of sp³-hybridized carbons (Fsp3) is 0.0400. The largest absolute Gasteiger partial charge is 0.369 e. The molecule has 0 aliphatic rings. The molecule has 10 heteroatoms. The van der Waals surface area contributed by atoms with Crippen LogP contribution < -0.4 is 16.0 Å². The molecule has 0 radical (unpaired) electrons. The van der Waals surface area contributed by atoms with E-state index in [1.54, 1.807) is 73.1 Å². The van der Waals surface area contributed by atoms with Crippen molar-refractivity contribution in [3.8, 4) is 28.2 Å². The van der Waals surface area contributed by atoms with E-state index in [-0.39, 0.29) is 22.1 Å². The number of nitrogen functional groups attached to an aromatic ring is 1. The van der Waals surface area contributed by atoms with Crippen molar-refractivity contribution in [3.63, 3.8) is 0 Å². The second kappa shape index (κ2) is 8.75. The highest BCUT2D eigenvalue weighted by atomic mass is 32.2. The summed E-state index contributed by atoms with van der Waals surface area (Å²) in [7, 11) is -2.52. The first-order valence-electron chi connectivity index (χ1n) is 10.6. The molecule has 0 aliphatic heterocycles. The fourth-order valence-electron chi connectivity index (χ4n) is 3.82. The molecule has 3 heterocycles. The number of nitrogens with zero attached hydrogens (tertiary/aromatic N) is 4. The number of pyridine rings is 2. The molecular formula is C25H20N6O3S. The quantitative estimate of drug-likeness (QED) is 0.392. The molecule has 3 aromatic heterocycles. The maximum Gasteiger partial charge on any atom is 0.267 e. The van der Waals surface area contributed by atoms with E-state index < -0.39 is 10.0 Å². The Morgan fingerprint density at radius 3 is 2.40 bits per heavy atom. The van der Waals surface area contributed by atoms with Crippen molar-refractivity contribution in [1.29, 1.82) is 0 Å². The lowest BCUT2D eigenvalue weighted by Crippen LogP contribution is -2.23. The molecule has 2 aromatic carbocycles. The van der Waals surface area contributed by atoms with Crippen LogP contribution in [0.1, 0.15) is 0 Å². The molecule has 3 N–H and O–H groups in total. The minimum Gasteiger partial charge on any atom is -0.369 e. The third-order valence-corrected chi connectivity index (χ3v) is 6.99. The van der Waals surface area contributed by atoms with Gasteiger partial charge in [-0.1, -0.05) is 30.3 Å². The number of nitrogens with two attached hydrogens (primary N) is 1. The fourth-order valence-corrected chi connectivity index (χ4v) is 4.74. The molecular weight excluding hydrogens is 464 g/mol. The molecule has 174 valence electrons. The predicted molar refractivity (Wildman–Crippen MR) is 134 cm³/mol. The van der Waals surface area contributed by atoms with E-state index in [1.807, 2.05) is 6.07 Å². The zero-order valence-corrected chi connectivity index (χ0v) is 19.4. The first-order chi connectivity index (χ1) is 16.9. The average molecular weight is 485 g/mol. The molecule has 0 unspecified atom stereocenters. The smallest absolute Gasteiger partial charge is 0.267 e. The first-order valence-corrected chi connectivity index (χ1v) is 12.1. The Kier molecular flexibility index (Phi) is 5.59. The summed E-state index contributed by atoms with van der Waals surface area (Å²) in [6, 6.07) is 20.8. The Morgan fingerprint density at radius 2 is 1.69 bits per heavy atom. The molecule has 5 aromatic rings. The van der Waals surface area contributed by atoms with Crippen LogP contribution >= 0.6 is 0 Å². The van der Waals surface area contributed by atoms with Crippen molar-refractivity contribution in [2.45, 2.75) is 4.90 Å². The minimum absolute atomic E-state index is 0.0200. The normalized spacial score (nSPS) is 11.6. The minimum atomic E-state index is -3.85. The summed E-state index contributed by atoms with van der Waals surface area (Å²) in [5.41, 5.74) is 8.56. The molecule has 0 saturated heterocycles. The molecule has 9 nitrogen and oxygen atoms in total. The highest BCUT2D eigenvalue weighted by Gasteiger charge is 2.21. The number of nitrogens with one attached hydrogen (secondary N) is 1. The van der Waals surface area contributed by atoms with Gasteiger partial charge >= 0.3 is 0 Å². The van der Waals surface area contributed by atoms with Crippen molar-refractivity contribution < 1.29 is 8.42 Å². The van der Waals surface area contributed by atoms with Crippen LogP contribution in [0.25, 0.3) is 39.1 Å². The summed E-state index contributed by atoms with van der Waals surface area (Å²) in [6.07, 6.45) is 3.13. The molecule has 0 amide bonds. The maximum atomic E-state index is 13.4. The molecule has 0 bridgehead atoms. The predicted octanol–water partition coefficient (Wildman–Crippen LogP) is 3.00. The topological polar surface area (TPSA) is 133 Å². The number of fused-ring (bicyclic) bond motifs is 1. The molecule has 0 fully saturated rings. The second-order valence-corrected chi connectivity index (χ2v) is 9.53. The summed E-state index contributed by atoms with van der Waals surface area (Å²) >= 11 is 0. The van der Waals surface area contributed by atoms with Gasteiger partial charge < -0.3 is 5.73 Å². The van der Waals surface area contributed by atoms with E-state index >= 15 is 0 Å². The van der Waals surface area contributed by atoms with E-state index in [1.165, 1.54) is 17.7 Å². The monoisotopic (exact) mass is 484 g/mol. The van der Waals surface area contributed by atoms with E-state index in [2.05, 4.69) is 19.7 Å². The lowest BCUT2D eigenvalue weighted by Gasteiger charge is -2.13. The van der Waals surface area contributed by atoms with Crippen LogP contribution in [0.3, 0.4) is 0 Å². The number of rotatable bonds is 5. The van der Waals surface area contributed by atoms with Crippen LogP contribution in [0.2, 0.25) is 0 Å². The van der Waals surface area contributed by atoms with Gasteiger partial charge in [0.2, 0.25) is 16.0 Å². The van der Waals surface area contributed by atoms with Gasteiger partial charge in [-0.05, 0) is 55.1 Å². The zero-order chi connectivity index (χ0) is 24.6. The Labute approximate surface area is 201 Å². The van der Waals surface area contributed by atoms with Crippen molar-refractivity contribution in [1.82, 2.24) is 24.2 Å². The highest BCUT2D eigenvalue weighted by molar-refractivity contribution is 7.89. The van der Waals surface area contributed by atoms with Crippen LogP contribution in [0.4, 0.5) is 5.95 Å². The van der Waals surface area contributed by atoms with Crippen LogP contribution in [0.15, 0.2) is 94.9 Å². The van der Waals surface area contributed by atoms with Gasteiger partial charge in [-0.15, -0.1) is 0 Å². The van der Waals surface area contributed by atoms with Gasteiger partial charge in [-0.25, -0.2) is 22.7 Å². The van der Waals surface area contributed by atoms with Gasteiger partial charge in [0.05, 0.1) is 22.3 Å². The molecule has 0 aliphatic carbocycles. The number of hydrogen-bond acceptors (Lipinski definition) is 7. The SMILES string of the molecule is CNS(=O)(=O)c1cc(-c2ccc3nc(N)n(-c4ccccc4)c(=O)c3c2)cnc1-c1ccccn1. The summed E-state index contributed by atoms with van der Waals surface area (Å²) in [5.74, 6) is 0.0743. The van der Waals surface area contributed by atoms with E-state index in [9.17, 15) is 13.2 Å². The van der Waals surface area contributed by atoms with Gasteiger partial charge in [0.15, 0.2) is 0 Å². The van der Waals surface area contributed by atoms with Gasteiger partial charge in [0, 0.05) is 18.0 Å². The van der Waals surface area contributed by atoms with Crippen molar-refractivity contribution in [3.05, 3.63) is 95.5 Å². The molecule has 0 atom stereocenters. The Hall–Kier alpha value is -4.41. The standard InChI is InChI=1S/C25H20N6O3S/c1-27-35(33,34)22-14-17(15-29-23(22)21-9-5-6-12-28-21)16-10-11-20-19(13-16)24(32)31(25(26)30-20)18-7-3-2-4-8-18/h2-15,27H,1H3,(H2,26,30). The van der Waals surface area contributed by atoms with Crippen molar-refractivity contribution in [2.75, 3.05) is 12.8 Å². The van der Waals surface area contributed by atoms with Gasteiger partial charge in [-0.3, -0.25) is 14.8 Å². The number of hydrogen-bond donors (Lipinski definition) is 2. The van der Waals surface area contributed by atoms with E-state index in [4.69, 9.17) is 5.73 Å². The van der Waals surface area contributed by atoms with Crippen LogP contribution in [-0.2, 0) is 10.0 Å². The molecule has 0 spiro atoms. The third kappa shape index (κ3) is 4.05. The number of benzene rings is 2. The lowest BCUT2D eigenvalue weighted by molar-refractivity contribution is 0.588. The van der Waals surface area contributed by atoms with Gasteiger partial charge in [0.1, 0.15) is 10.6 Å². The second-order valence-electron chi connectivity index (χ2n) is 7.67. The summed E-state index contributed by atoms with van der Waals surface area (Å²) in [4.78, 5) is 26.4. The summed E-state index contributed by atoms with van der Waals surface area (Å²) in [6.45, 7) is 0. The summed E-state index contributed by atoms with van der Waals surface area (Å²) < 4.78 is 29.3. The number of sulfonamides is 1. The average Bonchev–Trinajstić information content (AvgIpc) is 2.89. The zero-order valence-electron chi connectivity index (χ0n) is 18.6. The lowest BCUT2D eigenvalue weighted by atomic mass is 10.0. The molecule has 0 saturated carbocycles. The van der Waals surface area contributed by atoms with Crippen LogP contribution in [0.5, 0.6) is 0 Å². The number of para-hydroxylation sites is 1. The van der Waals surface area contributed by atoms with Crippen molar-refractivity contribution >= 4 is 26.9 Å². The Bertz CT molecular complexity index is 1720. The van der Waals surface area contributed by atoms with Crippen LogP contribution in [-0.4, -0.2) is 35.0 Å². The van der Waals surface area contributed by atoms with Gasteiger partial charge in [0.25, 0.3) is 5.56 Å². The number of anilines is 1. The van der Waals surface area contributed by atoms with Crippen molar-refractivity contribution in [2.24, 2.45) is 0 Å². The van der Waals surface area contributed by atoms with Crippen LogP contribution in [0, 0.1) is 0 Å². The maximum absolute atomic E-state index is 13.4. The van der Waals surface area contributed by atoms with Gasteiger partial charge in [-0.2, -0.15) is 0 Å². The third-order valence-electron chi connectivity index (χ3n) is 5.56. The molecule has 5 rings (SSSR count). The first kappa shape index (κ1) is 22.4. The van der Waals surface area contributed by atoms with E-state index in [0.29, 0.717) is 33.4 Å². The Morgan fingerprint density at radius 1 is 0.914 bits per heavy atom. The summed E-state index contributed by atoms with van der Waals surface area (Å²) in [5, 5.41) is 0.340.